The van der Waals surface area contributed by atoms with Gasteiger partial charge in [0.25, 0.3) is 0 Å². The molecule has 1 unspecified atom stereocenters. The summed E-state index contributed by atoms with van der Waals surface area (Å²) in [4.78, 5) is 13.6. The highest BCUT2D eigenvalue weighted by Crippen LogP contribution is 2.18. The first-order chi connectivity index (χ1) is 9.01. The number of amides is 1. The molecule has 6 nitrogen and oxygen atoms in total. The second-order valence-electron chi connectivity index (χ2n) is 4.19. The molecule has 0 radical (unpaired) electrons. The van der Waals surface area contributed by atoms with Crippen molar-refractivity contribution in [1.82, 2.24) is 4.90 Å². The van der Waals surface area contributed by atoms with Crippen molar-refractivity contribution in [2.75, 3.05) is 14.2 Å². The van der Waals surface area contributed by atoms with E-state index in [1.165, 1.54) is 4.90 Å². The van der Waals surface area contributed by atoms with Crippen molar-refractivity contribution in [3.63, 3.8) is 0 Å². The molecule has 0 aliphatic heterocycles. The summed E-state index contributed by atoms with van der Waals surface area (Å²) in [6, 6.07) is 6.86. The molecule has 0 aliphatic rings. The topological polar surface area (TPSA) is 88.2 Å². The molecule has 3 N–H and O–H groups in total. The van der Waals surface area contributed by atoms with E-state index in [1.54, 1.807) is 27.1 Å². The standard InChI is InChI=1S/C13H19N3O3/c1-9(13(14)15-18)16(2)12(17)8-10-6-4-5-7-11(10)19-3/h4-7,9,18H,8H2,1-3H3,(H2,14,15). The first-order valence-electron chi connectivity index (χ1n) is 5.86. The molecule has 1 rings (SSSR count). The molecule has 0 spiro atoms. The van der Waals surface area contributed by atoms with Crippen LogP contribution in [0.1, 0.15) is 12.5 Å². The largest absolute Gasteiger partial charge is 0.496 e. The maximum Gasteiger partial charge on any atom is 0.227 e. The van der Waals surface area contributed by atoms with E-state index in [4.69, 9.17) is 15.7 Å². The van der Waals surface area contributed by atoms with Gasteiger partial charge in [0, 0.05) is 12.6 Å². The zero-order valence-corrected chi connectivity index (χ0v) is 11.3. The van der Waals surface area contributed by atoms with Gasteiger partial charge in [-0.3, -0.25) is 4.79 Å². The lowest BCUT2D eigenvalue weighted by Gasteiger charge is -2.24. The predicted molar refractivity (Wildman–Crippen MR) is 72.3 cm³/mol. The van der Waals surface area contributed by atoms with Crippen LogP contribution in [0.15, 0.2) is 29.4 Å². The minimum atomic E-state index is -0.466. The second kappa shape index (κ2) is 6.63. The van der Waals surface area contributed by atoms with Crippen molar-refractivity contribution >= 4 is 11.7 Å². The Kier molecular flexibility index (Phi) is 5.17. The monoisotopic (exact) mass is 265 g/mol. The SMILES string of the molecule is COc1ccccc1CC(=O)N(C)C(C)C(N)=NO. The van der Waals surface area contributed by atoms with Crippen molar-refractivity contribution in [2.45, 2.75) is 19.4 Å². The third-order valence-corrected chi connectivity index (χ3v) is 3.05. The molecule has 1 aromatic carbocycles. The van der Waals surface area contributed by atoms with Crippen LogP contribution in [-0.4, -0.2) is 42.0 Å². The van der Waals surface area contributed by atoms with Crippen molar-refractivity contribution in [2.24, 2.45) is 10.9 Å². The van der Waals surface area contributed by atoms with Crippen molar-refractivity contribution < 1.29 is 14.7 Å². The summed E-state index contributed by atoms with van der Waals surface area (Å²) in [6.45, 7) is 1.69. The normalized spacial score (nSPS) is 12.9. The van der Waals surface area contributed by atoms with E-state index in [2.05, 4.69) is 5.16 Å². The zero-order chi connectivity index (χ0) is 14.4. The lowest BCUT2D eigenvalue weighted by molar-refractivity contribution is -0.129. The third-order valence-electron chi connectivity index (χ3n) is 3.05. The van der Waals surface area contributed by atoms with Gasteiger partial charge in [0.1, 0.15) is 5.75 Å². The highest BCUT2D eigenvalue weighted by atomic mass is 16.5. The zero-order valence-electron chi connectivity index (χ0n) is 11.3. The Balaban J connectivity index is 2.79. The summed E-state index contributed by atoms with van der Waals surface area (Å²) >= 11 is 0. The number of likely N-dealkylation sites (N-methyl/N-ethyl adjacent to an activating group) is 1. The Morgan fingerprint density at radius 2 is 2.16 bits per heavy atom. The Hall–Kier alpha value is -2.24. The van der Waals surface area contributed by atoms with E-state index in [1.807, 2.05) is 18.2 Å². The summed E-state index contributed by atoms with van der Waals surface area (Å²) in [5, 5.41) is 11.5. The predicted octanol–water partition coefficient (Wildman–Crippen LogP) is 0.831. The van der Waals surface area contributed by atoms with Crippen LogP contribution >= 0.6 is 0 Å². The van der Waals surface area contributed by atoms with Crippen LogP contribution in [0.5, 0.6) is 5.75 Å². The van der Waals surface area contributed by atoms with Gasteiger partial charge < -0.3 is 20.6 Å². The van der Waals surface area contributed by atoms with Gasteiger partial charge in [0.2, 0.25) is 5.91 Å². The molecular formula is C13H19N3O3. The Morgan fingerprint density at radius 3 is 2.74 bits per heavy atom. The van der Waals surface area contributed by atoms with Gasteiger partial charge in [-0.25, -0.2) is 0 Å². The number of benzene rings is 1. The van der Waals surface area contributed by atoms with Gasteiger partial charge in [-0.15, -0.1) is 0 Å². The number of ether oxygens (including phenoxy) is 1. The highest BCUT2D eigenvalue weighted by Gasteiger charge is 2.20. The number of nitrogens with two attached hydrogens (primary N) is 1. The number of rotatable bonds is 5. The molecule has 104 valence electrons. The van der Waals surface area contributed by atoms with Gasteiger partial charge in [-0.05, 0) is 13.0 Å². The number of methoxy groups -OCH3 is 1. The molecule has 0 aromatic heterocycles. The number of para-hydroxylation sites is 1. The van der Waals surface area contributed by atoms with E-state index >= 15 is 0 Å². The van der Waals surface area contributed by atoms with E-state index in [-0.39, 0.29) is 18.2 Å². The molecule has 0 saturated heterocycles. The van der Waals surface area contributed by atoms with Crippen LogP contribution < -0.4 is 10.5 Å². The smallest absolute Gasteiger partial charge is 0.227 e. The van der Waals surface area contributed by atoms with Crippen molar-refractivity contribution in [3.05, 3.63) is 29.8 Å². The quantitative estimate of drug-likeness (QED) is 0.357. The summed E-state index contributed by atoms with van der Waals surface area (Å²) in [6.07, 6.45) is 0.198. The van der Waals surface area contributed by atoms with Gasteiger partial charge in [0.05, 0.1) is 19.6 Å². The van der Waals surface area contributed by atoms with E-state index in [9.17, 15) is 4.79 Å². The molecule has 0 fully saturated rings. The fourth-order valence-corrected chi connectivity index (χ4v) is 1.63. The molecule has 0 aliphatic carbocycles. The van der Waals surface area contributed by atoms with Crippen molar-refractivity contribution in [3.8, 4) is 5.75 Å². The van der Waals surface area contributed by atoms with Crippen LogP contribution in [0.3, 0.4) is 0 Å². The van der Waals surface area contributed by atoms with Crippen LogP contribution in [0.2, 0.25) is 0 Å². The number of nitrogens with zero attached hydrogens (tertiary/aromatic N) is 2. The first kappa shape index (κ1) is 14.8. The van der Waals surface area contributed by atoms with Crippen LogP contribution in [0.25, 0.3) is 0 Å². The maximum absolute atomic E-state index is 12.1. The summed E-state index contributed by atoms with van der Waals surface area (Å²) in [5.74, 6) is 0.528. The molecular weight excluding hydrogens is 246 g/mol. The average molecular weight is 265 g/mol. The Labute approximate surface area is 112 Å². The van der Waals surface area contributed by atoms with Gasteiger partial charge in [-0.1, -0.05) is 23.4 Å². The van der Waals surface area contributed by atoms with Crippen LogP contribution in [-0.2, 0) is 11.2 Å². The molecule has 6 heteroatoms. The molecule has 1 amide bonds. The summed E-state index contributed by atoms with van der Waals surface area (Å²) in [7, 11) is 3.17. The molecule has 19 heavy (non-hydrogen) atoms. The number of amidine groups is 1. The highest BCUT2D eigenvalue weighted by molar-refractivity contribution is 5.90. The Morgan fingerprint density at radius 1 is 1.53 bits per heavy atom. The van der Waals surface area contributed by atoms with Crippen LogP contribution in [0.4, 0.5) is 0 Å². The molecule has 1 atom stereocenters. The summed E-state index contributed by atoms with van der Waals surface area (Å²) in [5.41, 5.74) is 6.29. The van der Waals surface area contributed by atoms with Crippen molar-refractivity contribution in [1.29, 1.82) is 0 Å². The fraction of sp³-hybridized carbons (Fsp3) is 0.385. The minimum absolute atomic E-state index is 0.00382. The molecule has 1 aromatic rings. The maximum atomic E-state index is 12.1. The third kappa shape index (κ3) is 3.61. The van der Waals surface area contributed by atoms with E-state index in [0.717, 1.165) is 5.56 Å². The van der Waals surface area contributed by atoms with Gasteiger partial charge in [-0.2, -0.15) is 0 Å². The molecule has 0 heterocycles. The fourth-order valence-electron chi connectivity index (χ4n) is 1.63. The number of carbonyl (C=O) groups is 1. The number of carbonyl (C=O) groups excluding carboxylic acids is 1. The second-order valence-corrected chi connectivity index (χ2v) is 4.19. The minimum Gasteiger partial charge on any atom is -0.496 e. The van der Waals surface area contributed by atoms with Gasteiger partial charge >= 0.3 is 0 Å². The first-order valence-corrected chi connectivity index (χ1v) is 5.86. The molecule has 0 saturated carbocycles. The molecule has 0 bridgehead atoms. The van der Waals surface area contributed by atoms with E-state index < -0.39 is 6.04 Å². The lowest BCUT2D eigenvalue weighted by atomic mass is 10.1. The number of oxime groups is 1. The van der Waals surface area contributed by atoms with Gasteiger partial charge in [0.15, 0.2) is 5.84 Å². The van der Waals surface area contributed by atoms with Crippen LogP contribution in [0, 0.1) is 0 Å². The number of hydrogen-bond donors (Lipinski definition) is 2. The summed E-state index contributed by atoms with van der Waals surface area (Å²) < 4.78 is 5.20. The average Bonchev–Trinajstić information content (AvgIpc) is 2.45. The number of hydrogen-bond acceptors (Lipinski definition) is 4. The van der Waals surface area contributed by atoms with E-state index in [0.29, 0.717) is 5.75 Å². The lowest BCUT2D eigenvalue weighted by Crippen LogP contribution is -2.44. The Bertz CT molecular complexity index is 474.